The van der Waals surface area contributed by atoms with Crippen molar-refractivity contribution < 1.29 is 13.6 Å². The molecule has 33 heavy (non-hydrogen) atoms. The van der Waals surface area contributed by atoms with E-state index in [0.29, 0.717) is 5.56 Å². The quantitative estimate of drug-likeness (QED) is 0.642. The molecule has 0 atom stereocenters. The fourth-order valence-electron chi connectivity index (χ4n) is 4.52. The van der Waals surface area contributed by atoms with Gasteiger partial charge in [0, 0.05) is 66.9 Å². The Morgan fingerprint density at radius 2 is 1.73 bits per heavy atom. The fraction of sp³-hybridized carbons (Fsp3) is 0.280. The highest BCUT2D eigenvalue weighted by atomic mass is 19.1. The third kappa shape index (κ3) is 3.91. The minimum Gasteiger partial charge on any atom is -0.383 e. The number of nitrogens with one attached hydrogen (secondary N) is 1. The second-order valence-corrected chi connectivity index (χ2v) is 8.57. The number of nitrogen functional groups attached to an aromatic ring is 1. The van der Waals surface area contributed by atoms with Crippen LogP contribution in [0.1, 0.15) is 15.9 Å². The predicted octanol–water partition coefficient (Wildman–Crippen LogP) is 3.31. The zero-order valence-corrected chi connectivity index (χ0v) is 18.4. The van der Waals surface area contributed by atoms with Crippen LogP contribution < -0.4 is 16.0 Å². The summed E-state index contributed by atoms with van der Waals surface area (Å²) in [5, 5.41) is 2.55. The van der Waals surface area contributed by atoms with E-state index in [4.69, 9.17) is 5.73 Å². The van der Waals surface area contributed by atoms with Gasteiger partial charge in [-0.15, -0.1) is 0 Å². The Labute approximate surface area is 191 Å². The van der Waals surface area contributed by atoms with E-state index in [1.165, 1.54) is 0 Å². The van der Waals surface area contributed by atoms with E-state index in [-0.39, 0.29) is 35.5 Å². The first-order chi connectivity index (χ1) is 15.9. The van der Waals surface area contributed by atoms with Crippen molar-refractivity contribution in [1.29, 1.82) is 0 Å². The van der Waals surface area contributed by atoms with Crippen molar-refractivity contribution >= 4 is 17.4 Å². The molecule has 5 rings (SSSR count). The molecular formula is C25H25F2N5O. The van der Waals surface area contributed by atoms with Crippen LogP contribution in [0.2, 0.25) is 0 Å². The van der Waals surface area contributed by atoms with Crippen LogP contribution in [0.25, 0.3) is 22.3 Å². The minimum atomic E-state index is -0.764. The lowest BCUT2D eigenvalue weighted by Gasteiger charge is -2.34. The van der Waals surface area contributed by atoms with E-state index in [1.54, 1.807) is 12.3 Å². The lowest BCUT2D eigenvalue weighted by atomic mass is 9.92. The van der Waals surface area contributed by atoms with Gasteiger partial charge in [0.15, 0.2) is 0 Å². The smallest absolute Gasteiger partial charge is 0.254 e. The summed E-state index contributed by atoms with van der Waals surface area (Å²) >= 11 is 0. The molecule has 8 heteroatoms. The zero-order valence-electron chi connectivity index (χ0n) is 18.4. The molecule has 1 saturated heterocycles. The number of hydrogen-bond acceptors (Lipinski definition) is 5. The van der Waals surface area contributed by atoms with Crippen molar-refractivity contribution in [3.63, 3.8) is 0 Å². The van der Waals surface area contributed by atoms with E-state index >= 15 is 4.39 Å². The van der Waals surface area contributed by atoms with Crippen LogP contribution in [0, 0.1) is 11.6 Å². The number of amides is 1. The number of benzene rings is 2. The number of hydrogen-bond donors (Lipinski definition) is 2. The lowest BCUT2D eigenvalue weighted by molar-refractivity contribution is 0.0940. The van der Waals surface area contributed by atoms with E-state index in [2.05, 4.69) is 39.3 Å². The second-order valence-electron chi connectivity index (χ2n) is 8.57. The summed E-state index contributed by atoms with van der Waals surface area (Å²) in [5.41, 5.74) is 9.04. The molecule has 0 radical (unpaired) electrons. The maximum absolute atomic E-state index is 15.4. The van der Waals surface area contributed by atoms with Crippen LogP contribution in [0.5, 0.6) is 0 Å². The van der Waals surface area contributed by atoms with Crippen molar-refractivity contribution in [2.75, 3.05) is 50.4 Å². The first kappa shape index (κ1) is 21.3. The molecule has 2 aliphatic rings. The summed E-state index contributed by atoms with van der Waals surface area (Å²) in [5.74, 6) is -1.89. The normalized spacial score (nSPS) is 16.5. The van der Waals surface area contributed by atoms with Gasteiger partial charge in [0.2, 0.25) is 0 Å². The van der Waals surface area contributed by atoms with Crippen molar-refractivity contribution in [3.8, 4) is 22.3 Å². The van der Waals surface area contributed by atoms with Crippen LogP contribution in [0.15, 0.2) is 42.6 Å². The number of pyridine rings is 1. The number of nitrogens with zero attached hydrogens (tertiary/aromatic N) is 3. The molecule has 3 aromatic rings. The number of anilines is 2. The lowest BCUT2D eigenvalue weighted by Crippen LogP contribution is -2.44. The molecule has 1 fully saturated rings. The average Bonchev–Trinajstić information content (AvgIpc) is 2.82. The molecule has 1 aromatic heterocycles. The first-order valence-corrected chi connectivity index (χ1v) is 11.0. The highest BCUT2D eigenvalue weighted by Gasteiger charge is 2.27. The van der Waals surface area contributed by atoms with E-state index < -0.39 is 17.5 Å². The Morgan fingerprint density at radius 1 is 1.00 bits per heavy atom. The van der Waals surface area contributed by atoms with Gasteiger partial charge in [0.25, 0.3) is 5.91 Å². The van der Waals surface area contributed by atoms with Gasteiger partial charge in [-0.2, -0.15) is 0 Å². The van der Waals surface area contributed by atoms with Gasteiger partial charge in [0.05, 0.1) is 5.56 Å². The van der Waals surface area contributed by atoms with E-state index in [9.17, 15) is 9.18 Å². The van der Waals surface area contributed by atoms with Crippen molar-refractivity contribution in [1.82, 2.24) is 15.2 Å². The molecule has 3 N–H and O–H groups in total. The minimum absolute atomic E-state index is 0.0156. The van der Waals surface area contributed by atoms with Crippen molar-refractivity contribution in [3.05, 3.63) is 65.4 Å². The monoisotopic (exact) mass is 449 g/mol. The first-order valence-electron chi connectivity index (χ1n) is 11.0. The number of carbonyl (C=O) groups excluding carboxylic acids is 1. The zero-order chi connectivity index (χ0) is 23.1. The summed E-state index contributed by atoms with van der Waals surface area (Å²) in [7, 11) is 2.12. The SMILES string of the molecule is CN1CCN(c2ccc(-c3cnc(N)c(-c4cc(F)c5c(c4F)CCNC5=O)c3)cc2)CC1. The molecule has 0 spiro atoms. The maximum Gasteiger partial charge on any atom is 0.254 e. The topological polar surface area (TPSA) is 74.5 Å². The molecule has 3 heterocycles. The van der Waals surface area contributed by atoms with Gasteiger partial charge in [0.1, 0.15) is 17.5 Å². The summed E-state index contributed by atoms with van der Waals surface area (Å²) in [6.45, 7) is 4.27. The highest BCUT2D eigenvalue weighted by molar-refractivity contribution is 5.98. The number of fused-ring (bicyclic) bond motifs is 1. The largest absolute Gasteiger partial charge is 0.383 e. The predicted molar refractivity (Wildman–Crippen MR) is 125 cm³/mol. The molecule has 0 aliphatic carbocycles. The molecule has 2 aromatic carbocycles. The third-order valence-corrected chi connectivity index (χ3v) is 6.48. The molecule has 170 valence electrons. The number of carbonyl (C=O) groups is 1. The van der Waals surface area contributed by atoms with Crippen molar-refractivity contribution in [2.45, 2.75) is 6.42 Å². The third-order valence-electron chi connectivity index (χ3n) is 6.48. The molecule has 0 bridgehead atoms. The van der Waals surface area contributed by atoms with Crippen LogP contribution in [0.4, 0.5) is 20.3 Å². The van der Waals surface area contributed by atoms with Gasteiger partial charge in [-0.25, -0.2) is 13.8 Å². The Hall–Kier alpha value is -3.52. The summed E-state index contributed by atoms with van der Waals surface area (Å²) in [6.07, 6.45) is 1.85. The van der Waals surface area contributed by atoms with Crippen LogP contribution >= 0.6 is 0 Å². The number of aromatic nitrogens is 1. The highest BCUT2D eigenvalue weighted by Crippen LogP contribution is 2.35. The van der Waals surface area contributed by atoms with Crippen LogP contribution in [0.3, 0.4) is 0 Å². The fourth-order valence-corrected chi connectivity index (χ4v) is 4.52. The van der Waals surface area contributed by atoms with Gasteiger partial charge in [-0.3, -0.25) is 4.79 Å². The number of nitrogens with two attached hydrogens (primary N) is 1. The van der Waals surface area contributed by atoms with Crippen LogP contribution in [-0.4, -0.2) is 55.6 Å². The summed E-state index contributed by atoms with van der Waals surface area (Å²) < 4.78 is 30.1. The molecule has 0 saturated carbocycles. The summed E-state index contributed by atoms with van der Waals surface area (Å²) in [6, 6.07) is 10.9. The Balaban J connectivity index is 1.50. The second kappa shape index (κ2) is 8.44. The van der Waals surface area contributed by atoms with E-state index in [0.717, 1.165) is 49.1 Å². The average molecular weight is 450 g/mol. The standard InChI is InChI=1S/C25H25F2N5O/c1-31-8-10-32(11-9-31)17-4-2-15(3-5-17)16-12-20(24(28)30-14-16)19-13-21(26)22-18(23(19)27)6-7-29-25(22)33/h2-5,12-14H,6-11H2,1H3,(H2,28,30)(H,29,33). The Morgan fingerprint density at radius 3 is 2.45 bits per heavy atom. The van der Waals surface area contributed by atoms with Gasteiger partial charge < -0.3 is 20.9 Å². The van der Waals surface area contributed by atoms with Crippen molar-refractivity contribution in [2.24, 2.45) is 0 Å². The maximum atomic E-state index is 15.4. The molecule has 6 nitrogen and oxygen atoms in total. The summed E-state index contributed by atoms with van der Waals surface area (Å²) in [4.78, 5) is 20.9. The van der Waals surface area contributed by atoms with E-state index in [1.807, 2.05) is 12.1 Å². The molecule has 0 unspecified atom stereocenters. The number of likely N-dealkylation sites (N-methyl/N-ethyl adjacent to an activating group) is 1. The molecular weight excluding hydrogens is 424 g/mol. The van der Waals surface area contributed by atoms with Gasteiger partial charge in [-0.05, 0) is 43.3 Å². The van der Waals surface area contributed by atoms with Gasteiger partial charge >= 0.3 is 0 Å². The number of rotatable bonds is 3. The Kier molecular flexibility index (Phi) is 5.46. The number of piperazine rings is 1. The molecule has 1 amide bonds. The number of halogens is 2. The van der Waals surface area contributed by atoms with Gasteiger partial charge in [-0.1, -0.05) is 12.1 Å². The Bertz CT molecular complexity index is 1220. The van der Waals surface area contributed by atoms with Crippen LogP contribution in [-0.2, 0) is 6.42 Å². The molecule has 2 aliphatic heterocycles.